The first-order valence-corrected chi connectivity index (χ1v) is 6.72. The highest BCUT2D eigenvalue weighted by Gasteiger charge is 2.37. The third-order valence-electron chi connectivity index (χ3n) is 3.99. The first-order valence-electron chi connectivity index (χ1n) is 6.72. The molecule has 0 aromatic carbocycles. The molecule has 6 heteroatoms. The van der Waals surface area contributed by atoms with Crippen molar-refractivity contribution in [3.05, 3.63) is 12.4 Å². The first kappa shape index (κ1) is 12.5. The van der Waals surface area contributed by atoms with Crippen molar-refractivity contribution in [1.82, 2.24) is 9.78 Å². The summed E-state index contributed by atoms with van der Waals surface area (Å²) in [6.45, 7) is 3.39. The summed E-state index contributed by atoms with van der Waals surface area (Å²) in [5, 5.41) is 4.42. The van der Waals surface area contributed by atoms with E-state index < -0.39 is 0 Å². The van der Waals surface area contributed by atoms with E-state index in [0.29, 0.717) is 6.04 Å². The number of ether oxygens (including phenoxy) is 2. The number of morpholine rings is 1. The number of nitrogens with zero attached hydrogens (tertiary/aromatic N) is 3. The van der Waals surface area contributed by atoms with E-state index in [1.54, 1.807) is 0 Å². The lowest BCUT2D eigenvalue weighted by Crippen LogP contribution is -2.36. The Morgan fingerprint density at radius 3 is 2.84 bits per heavy atom. The molecule has 2 fully saturated rings. The van der Waals surface area contributed by atoms with Crippen LogP contribution in [-0.2, 0) is 14.3 Å². The molecule has 0 spiro atoms. The molecule has 0 atom stereocenters. The van der Waals surface area contributed by atoms with Gasteiger partial charge in [-0.3, -0.25) is 9.48 Å². The maximum atomic E-state index is 11.3. The van der Waals surface area contributed by atoms with Crippen LogP contribution in [0.5, 0.6) is 0 Å². The molecule has 19 heavy (non-hydrogen) atoms. The fourth-order valence-electron chi connectivity index (χ4n) is 2.68. The Kier molecular flexibility index (Phi) is 3.42. The van der Waals surface area contributed by atoms with Gasteiger partial charge in [0, 0.05) is 19.3 Å². The summed E-state index contributed by atoms with van der Waals surface area (Å²) in [6, 6.07) is 0.332. The van der Waals surface area contributed by atoms with E-state index in [4.69, 9.17) is 9.47 Å². The molecule has 0 N–H and O–H groups in total. The van der Waals surface area contributed by atoms with Gasteiger partial charge in [-0.15, -0.1) is 0 Å². The molecular weight excluding hydrogens is 246 g/mol. The number of carbonyl (C=O) groups is 1. The lowest BCUT2D eigenvalue weighted by molar-refractivity contribution is -0.149. The maximum Gasteiger partial charge on any atom is 0.308 e. The molecule has 1 aromatic heterocycles. The van der Waals surface area contributed by atoms with Gasteiger partial charge in [-0.25, -0.2) is 0 Å². The Morgan fingerprint density at radius 2 is 2.16 bits per heavy atom. The highest BCUT2D eigenvalue weighted by atomic mass is 16.5. The zero-order chi connectivity index (χ0) is 13.2. The lowest BCUT2D eigenvalue weighted by Gasteiger charge is -2.33. The average Bonchev–Trinajstić information content (AvgIpc) is 2.87. The number of methoxy groups -OCH3 is 1. The van der Waals surface area contributed by atoms with E-state index in [0.717, 1.165) is 44.8 Å². The second-order valence-corrected chi connectivity index (χ2v) is 5.12. The zero-order valence-electron chi connectivity index (χ0n) is 11.1. The van der Waals surface area contributed by atoms with Crippen molar-refractivity contribution in [1.29, 1.82) is 0 Å². The zero-order valence-corrected chi connectivity index (χ0v) is 11.1. The van der Waals surface area contributed by atoms with Gasteiger partial charge in [-0.05, 0) is 12.8 Å². The lowest BCUT2D eigenvalue weighted by atomic mass is 9.80. The highest BCUT2D eigenvalue weighted by Crippen LogP contribution is 2.38. The fourth-order valence-corrected chi connectivity index (χ4v) is 2.68. The van der Waals surface area contributed by atoms with Gasteiger partial charge in [0.15, 0.2) is 0 Å². The van der Waals surface area contributed by atoms with Gasteiger partial charge in [0.2, 0.25) is 0 Å². The number of aromatic nitrogens is 2. The van der Waals surface area contributed by atoms with Crippen molar-refractivity contribution in [2.45, 2.75) is 18.9 Å². The molecule has 0 amide bonds. The Labute approximate surface area is 112 Å². The minimum Gasteiger partial charge on any atom is -0.469 e. The summed E-state index contributed by atoms with van der Waals surface area (Å²) in [5.41, 5.74) is 1.14. The third kappa shape index (κ3) is 2.45. The molecule has 104 valence electrons. The van der Waals surface area contributed by atoms with Crippen molar-refractivity contribution >= 4 is 11.7 Å². The summed E-state index contributed by atoms with van der Waals surface area (Å²) in [6.07, 6.45) is 5.63. The van der Waals surface area contributed by atoms with Crippen LogP contribution >= 0.6 is 0 Å². The predicted molar refractivity (Wildman–Crippen MR) is 69.0 cm³/mol. The minimum atomic E-state index is -0.100. The Morgan fingerprint density at radius 1 is 1.42 bits per heavy atom. The largest absolute Gasteiger partial charge is 0.469 e. The van der Waals surface area contributed by atoms with Gasteiger partial charge in [0.1, 0.15) is 0 Å². The first-order chi connectivity index (χ1) is 9.28. The minimum absolute atomic E-state index is 0.0473. The van der Waals surface area contributed by atoms with Crippen LogP contribution in [0.25, 0.3) is 0 Å². The normalized spacial score (nSPS) is 26.9. The van der Waals surface area contributed by atoms with Crippen LogP contribution < -0.4 is 4.90 Å². The molecule has 1 aliphatic heterocycles. The molecule has 2 heterocycles. The van der Waals surface area contributed by atoms with Crippen LogP contribution in [-0.4, -0.2) is 49.2 Å². The molecule has 1 saturated heterocycles. The maximum absolute atomic E-state index is 11.3. The molecule has 1 aromatic rings. The van der Waals surface area contributed by atoms with Crippen LogP contribution in [0.3, 0.4) is 0 Å². The van der Waals surface area contributed by atoms with Gasteiger partial charge in [-0.1, -0.05) is 0 Å². The van der Waals surface area contributed by atoms with E-state index in [2.05, 4.69) is 16.2 Å². The number of hydrogen-bond acceptors (Lipinski definition) is 5. The van der Waals surface area contributed by atoms with E-state index in [9.17, 15) is 4.79 Å². The standard InChI is InChI=1S/C13H19N3O3/c1-18-13(17)10-6-11(7-10)16-9-12(8-14-16)15-2-4-19-5-3-15/h8-11H,2-7H2,1H3. The van der Waals surface area contributed by atoms with E-state index in [-0.39, 0.29) is 11.9 Å². The molecule has 3 rings (SSSR count). The third-order valence-corrected chi connectivity index (χ3v) is 3.99. The molecule has 0 unspecified atom stereocenters. The van der Waals surface area contributed by atoms with Crippen molar-refractivity contribution in [2.75, 3.05) is 38.3 Å². The van der Waals surface area contributed by atoms with E-state index in [1.807, 2.05) is 10.9 Å². The van der Waals surface area contributed by atoms with Crippen LogP contribution in [0.2, 0.25) is 0 Å². The van der Waals surface area contributed by atoms with Gasteiger partial charge < -0.3 is 14.4 Å². The summed E-state index contributed by atoms with van der Waals surface area (Å²) in [5.74, 6) is -0.0529. The van der Waals surface area contributed by atoms with Crippen LogP contribution in [0.1, 0.15) is 18.9 Å². The Hall–Kier alpha value is -1.56. The Balaban J connectivity index is 1.58. The molecule has 6 nitrogen and oxygen atoms in total. The summed E-state index contributed by atoms with van der Waals surface area (Å²) in [4.78, 5) is 13.6. The summed E-state index contributed by atoms with van der Waals surface area (Å²) < 4.78 is 12.1. The molecule has 1 aliphatic carbocycles. The molecule has 0 bridgehead atoms. The summed E-state index contributed by atoms with van der Waals surface area (Å²) in [7, 11) is 1.44. The second kappa shape index (κ2) is 5.21. The number of anilines is 1. The van der Waals surface area contributed by atoms with Crippen LogP contribution in [0.4, 0.5) is 5.69 Å². The molecule has 2 aliphatic rings. The van der Waals surface area contributed by atoms with Gasteiger partial charge >= 0.3 is 5.97 Å². The number of hydrogen-bond donors (Lipinski definition) is 0. The van der Waals surface area contributed by atoms with Gasteiger partial charge in [0.25, 0.3) is 0 Å². The number of rotatable bonds is 3. The van der Waals surface area contributed by atoms with Crippen LogP contribution in [0, 0.1) is 5.92 Å². The van der Waals surface area contributed by atoms with Crippen molar-refractivity contribution in [3.8, 4) is 0 Å². The number of esters is 1. The van der Waals surface area contributed by atoms with Crippen LogP contribution in [0.15, 0.2) is 12.4 Å². The molecule has 0 radical (unpaired) electrons. The SMILES string of the molecule is COC(=O)C1CC(n2cc(N3CCOCC3)cn2)C1. The average molecular weight is 265 g/mol. The summed E-state index contributed by atoms with van der Waals surface area (Å²) >= 11 is 0. The van der Waals surface area contributed by atoms with Gasteiger partial charge in [-0.2, -0.15) is 5.10 Å². The Bertz CT molecular complexity index is 448. The molecule has 1 saturated carbocycles. The predicted octanol–water partition coefficient (Wildman–Crippen LogP) is 0.844. The van der Waals surface area contributed by atoms with Crippen molar-refractivity contribution in [3.63, 3.8) is 0 Å². The topological polar surface area (TPSA) is 56.6 Å². The van der Waals surface area contributed by atoms with Crippen molar-refractivity contribution in [2.24, 2.45) is 5.92 Å². The quantitative estimate of drug-likeness (QED) is 0.758. The highest BCUT2D eigenvalue weighted by molar-refractivity contribution is 5.73. The van der Waals surface area contributed by atoms with Crippen molar-refractivity contribution < 1.29 is 14.3 Å². The van der Waals surface area contributed by atoms with Gasteiger partial charge in [0.05, 0.1) is 44.2 Å². The van der Waals surface area contributed by atoms with E-state index >= 15 is 0 Å². The molecular formula is C13H19N3O3. The monoisotopic (exact) mass is 265 g/mol. The second-order valence-electron chi connectivity index (χ2n) is 5.12. The van der Waals surface area contributed by atoms with E-state index in [1.165, 1.54) is 7.11 Å². The number of carbonyl (C=O) groups excluding carboxylic acids is 1. The smallest absolute Gasteiger partial charge is 0.308 e. The fraction of sp³-hybridized carbons (Fsp3) is 0.692.